The van der Waals surface area contributed by atoms with Gasteiger partial charge in [-0.1, -0.05) is 0 Å². The van der Waals surface area contributed by atoms with E-state index in [9.17, 15) is 14.0 Å². The number of benzene rings is 1. The Balaban J connectivity index is 1.20. The third-order valence-corrected chi connectivity index (χ3v) is 6.63. The quantitative estimate of drug-likeness (QED) is 0.634. The van der Waals surface area contributed by atoms with E-state index >= 15 is 0 Å². The van der Waals surface area contributed by atoms with Gasteiger partial charge in [0.1, 0.15) is 5.82 Å². The predicted octanol–water partition coefficient (Wildman–Crippen LogP) is 2.41. The smallest absolute Gasteiger partial charge is 0.254 e. The molecule has 2 aliphatic heterocycles. The molecule has 9 nitrogen and oxygen atoms in total. The van der Waals surface area contributed by atoms with Crippen molar-refractivity contribution in [3.05, 3.63) is 47.7 Å². The maximum absolute atomic E-state index is 13.7. The highest BCUT2D eigenvalue weighted by Crippen LogP contribution is 2.22. The lowest BCUT2D eigenvalue weighted by atomic mass is 9.96. The van der Waals surface area contributed by atoms with Crippen molar-refractivity contribution in [2.45, 2.75) is 38.6 Å². The normalized spacial score (nSPS) is 17.8. The molecule has 0 bridgehead atoms. The van der Waals surface area contributed by atoms with Gasteiger partial charge in [0.15, 0.2) is 0 Å². The van der Waals surface area contributed by atoms with Crippen molar-refractivity contribution in [3.63, 3.8) is 0 Å². The number of nitrogens with zero attached hydrogens (tertiary/aromatic N) is 5. The first-order chi connectivity index (χ1) is 16.5. The van der Waals surface area contributed by atoms with Crippen molar-refractivity contribution in [3.8, 4) is 5.95 Å². The molecule has 0 aliphatic carbocycles. The number of aromatic nitrogens is 4. The van der Waals surface area contributed by atoms with E-state index in [0.29, 0.717) is 50.2 Å². The second kappa shape index (κ2) is 9.46. The molecule has 3 aromatic rings. The Labute approximate surface area is 196 Å². The summed E-state index contributed by atoms with van der Waals surface area (Å²) in [6.45, 7) is 4.41. The molecular weight excluding hydrogens is 439 g/mol. The van der Waals surface area contributed by atoms with Crippen molar-refractivity contribution in [1.82, 2.24) is 30.0 Å². The molecule has 0 unspecified atom stereocenters. The number of fused-ring (bicyclic) bond motifs is 1. The lowest BCUT2D eigenvalue weighted by Crippen LogP contribution is -2.48. The van der Waals surface area contributed by atoms with Crippen LogP contribution in [0.1, 0.15) is 41.7 Å². The average Bonchev–Trinajstić information content (AvgIpc) is 3.20. The van der Waals surface area contributed by atoms with E-state index in [1.54, 1.807) is 6.07 Å². The molecule has 10 heteroatoms. The maximum Gasteiger partial charge on any atom is 0.254 e. The first kappa shape index (κ1) is 22.4. The molecule has 2 aliphatic rings. The van der Waals surface area contributed by atoms with Crippen LogP contribution in [0.25, 0.3) is 16.9 Å². The number of carbonyl (C=O) groups excluding carboxylic acids is 2. The first-order valence-electron chi connectivity index (χ1n) is 11.6. The monoisotopic (exact) mass is 466 g/mol. The van der Waals surface area contributed by atoms with Gasteiger partial charge in [-0.15, -0.1) is 0 Å². The van der Waals surface area contributed by atoms with Crippen LogP contribution in [0.5, 0.6) is 0 Å². The third-order valence-electron chi connectivity index (χ3n) is 6.63. The number of rotatable bonds is 4. The first-order valence-corrected chi connectivity index (χ1v) is 11.6. The van der Waals surface area contributed by atoms with Crippen molar-refractivity contribution < 1.29 is 18.7 Å². The molecular formula is C24H27FN6O3. The Morgan fingerprint density at radius 1 is 1.09 bits per heavy atom. The fraction of sp³-hybridized carbons (Fsp3) is 0.458. The molecule has 4 heterocycles. The van der Waals surface area contributed by atoms with Crippen LogP contribution in [0.3, 0.4) is 0 Å². The van der Waals surface area contributed by atoms with Crippen LogP contribution < -0.4 is 5.32 Å². The molecule has 0 atom stereocenters. The van der Waals surface area contributed by atoms with E-state index in [0.717, 1.165) is 23.9 Å². The van der Waals surface area contributed by atoms with E-state index in [4.69, 9.17) is 4.74 Å². The van der Waals surface area contributed by atoms with E-state index in [-0.39, 0.29) is 35.5 Å². The largest absolute Gasteiger partial charge is 0.381 e. The molecule has 2 fully saturated rings. The topological polar surface area (TPSA) is 102 Å². The molecule has 1 N–H and O–H groups in total. The SMILES string of the molecule is Cc1nn(-c2ncc(C(=O)NC3CCN(C(=O)C4CCOCC4)CC3)cn2)c2cc(F)ccc12. The van der Waals surface area contributed by atoms with Gasteiger partial charge < -0.3 is 15.0 Å². The Morgan fingerprint density at radius 2 is 1.79 bits per heavy atom. The van der Waals surface area contributed by atoms with Crippen LogP contribution >= 0.6 is 0 Å². The molecule has 1 aromatic carbocycles. The zero-order valence-corrected chi connectivity index (χ0v) is 19.0. The van der Waals surface area contributed by atoms with Gasteiger partial charge in [-0.25, -0.2) is 14.4 Å². The number of likely N-dealkylation sites (tertiary alicyclic amines) is 1. The van der Waals surface area contributed by atoms with Crippen LogP contribution in [0, 0.1) is 18.7 Å². The van der Waals surface area contributed by atoms with Gasteiger partial charge in [-0.05, 0) is 44.7 Å². The third kappa shape index (κ3) is 4.50. The molecule has 2 aromatic heterocycles. The Hall–Kier alpha value is -3.40. The minimum absolute atomic E-state index is 0.00778. The molecule has 0 spiro atoms. The highest BCUT2D eigenvalue weighted by atomic mass is 19.1. The van der Waals surface area contributed by atoms with E-state index in [1.165, 1.54) is 29.2 Å². The second-order valence-electron chi connectivity index (χ2n) is 8.89. The van der Waals surface area contributed by atoms with Crippen LogP contribution in [-0.4, -0.2) is 68.8 Å². The summed E-state index contributed by atoms with van der Waals surface area (Å²) in [6, 6.07) is 4.44. The van der Waals surface area contributed by atoms with E-state index in [2.05, 4.69) is 20.4 Å². The Morgan fingerprint density at radius 3 is 2.50 bits per heavy atom. The Kier molecular flexibility index (Phi) is 6.23. The highest BCUT2D eigenvalue weighted by Gasteiger charge is 2.30. The summed E-state index contributed by atoms with van der Waals surface area (Å²) < 4.78 is 20.6. The zero-order valence-electron chi connectivity index (χ0n) is 19.0. The molecule has 2 saturated heterocycles. The molecule has 34 heavy (non-hydrogen) atoms. The van der Waals surface area contributed by atoms with Gasteiger partial charge in [0.25, 0.3) is 11.9 Å². The summed E-state index contributed by atoms with van der Waals surface area (Å²) in [5, 5.41) is 8.25. The fourth-order valence-corrected chi connectivity index (χ4v) is 4.66. The number of carbonyl (C=O) groups is 2. The molecule has 0 radical (unpaired) electrons. The summed E-state index contributed by atoms with van der Waals surface area (Å²) in [7, 11) is 0. The van der Waals surface area contributed by atoms with Crippen LogP contribution in [-0.2, 0) is 9.53 Å². The van der Waals surface area contributed by atoms with Gasteiger partial charge in [0.2, 0.25) is 5.91 Å². The zero-order chi connectivity index (χ0) is 23.7. The van der Waals surface area contributed by atoms with Gasteiger partial charge in [-0.3, -0.25) is 9.59 Å². The van der Waals surface area contributed by atoms with Crippen molar-refractivity contribution in [2.75, 3.05) is 26.3 Å². The maximum atomic E-state index is 13.7. The number of aryl methyl sites for hydroxylation is 1. The molecule has 5 rings (SSSR count). The highest BCUT2D eigenvalue weighted by molar-refractivity contribution is 5.94. The summed E-state index contributed by atoms with van der Waals surface area (Å²) in [6.07, 6.45) is 5.89. The fourth-order valence-electron chi connectivity index (χ4n) is 4.66. The molecule has 178 valence electrons. The number of hydrogen-bond donors (Lipinski definition) is 1. The number of amides is 2. The molecule has 0 saturated carbocycles. The van der Waals surface area contributed by atoms with Gasteiger partial charge in [-0.2, -0.15) is 9.78 Å². The number of nitrogens with one attached hydrogen (secondary N) is 1. The summed E-state index contributed by atoms with van der Waals surface area (Å²) in [5.41, 5.74) is 1.64. The average molecular weight is 467 g/mol. The number of piperidine rings is 1. The summed E-state index contributed by atoms with van der Waals surface area (Å²) in [4.78, 5) is 35.9. The van der Waals surface area contributed by atoms with Crippen molar-refractivity contribution in [1.29, 1.82) is 0 Å². The van der Waals surface area contributed by atoms with Crippen LogP contribution in [0.2, 0.25) is 0 Å². The second-order valence-corrected chi connectivity index (χ2v) is 8.89. The summed E-state index contributed by atoms with van der Waals surface area (Å²) in [5.74, 6) is -0.0975. The van der Waals surface area contributed by atoms with Gasteiger partial charge in [0.05, 0.1) is 16.8 Å². The van der Waals surface area contributed by atoms with Crippen LogP contribution in [0.15, 0.2) is 30.6 Å². The lowest BCUT2D eigenvalue weighted by molar-refractivity contribution is -0.139. The van der Waals surface area contributed by atoms with E-state index < -0.39 is 0 Å². The van der Waals surface area contributed by atoms with Crippen molar-refractivity contribution >= 4 is 22.7 Å². The minimum atomic E-state index is -0.370. The summed E-state index contributed by atoms with van der Waals surface area (Å²) >= 11 is 0. The predicted molar refractivity (Wildman–Crippen MR) is 122 cm³/mol. The number of hydrogen-bond acceptors (Lipinski definition) is 6. The van der Waals surface area contributed by atoms with Crippen molar-refractivity contribution in [2.24, 2.45) is 5.92 Å². The number of halogens is 1. The van der Waals surface area contributed by atoms with Gasteiger partial charge >= 0.3 is 0 Å². The van der Waals surface area contributed by atoms with Gasteiger partial charge in [0, 0.05) is 62.1 Å². The van der Waals surface area contributed by atoms with E-state index in [1.807, 2.05) is 11.8 Å². The molecule has 2 amide bonds. The Bertz CT molecular complexity index is 1200. The standard InChI is InChI=1S/C24H27FN6O3/c1-15-20-3-2-18(25)12-21(20)31(29-15)24-26-13-17(14-27-24)22(32)28-19-4-8-30(9-5-19)23(33)16-6-10-34-11-7-16/h2-3,12-14,16,19H,4-11H2,1H3,(H,28,32). The van der Waals surface area contributed by atoms with Crippen LogP contribution in [0.4, 0.5) is 4.39 Å². The number of ether oxygens (including phenoxy) is 1. The lowest BCUT2D eigenvalue weighted by Gasteiger charge is -2.35. The minimum Gasteiger partial charge on any atom is -0.381 e.